The SMILES string of the molecule is O=C(NC(CCOC1CC(CCc2ccc3c(n2)NCCC3)C1)C(=O)O)c1cccc2cccnc12. The van der Waals surface area contributed by atoms with E-state index in [2.05, 4.69) is 27.8 Å². The van der Waals surface area contributed by atoms with Gasteiger partial charge in [0.25, 0.3) is 5.91 Å². The van der Waals surface area contributed by atoms with Crippen LogP contribution in [0.4, 0.5) is 5.82 Å². The maximum absolute atomic E-state index is 12.8. The third kappa shape index (κ3) is 5.65. The molecule has 2 aromatic heterocycles. The van der Waals surface area contributed by atoms with Crippen molar-refractivity contribution < 1.29 is 19.4 Å². The van der Waals surface area contributed by atoms with Gasteiger partial charge in [-0.15, -0.1) is 0 Å². The molecule has 188 valence electrons. The van der Waals surface area contributed by atoms with Gasteiger partial charge < -0.3 is 20.5 Å². The lowest BCUT2D eigenvalue weighted by Gasteiger charge is -2.35. The van der Waals surface area contributed by atoms with Gasteiger partial charge in [0.2, 0.25) is 0 Å². The van der Waals surface area contributed by atoms with E-state index in [0.717, 1.165) is 55.5 Å². The number of amides is 1. The Morgan fingerprint density at radius 3 is 2.89 bits per heavy atom. The number of anilines is 1. The number of benzene rings is 1. The highest BCUT2D eigenvalue weighted by Crippen LogP contribution is 2.34. The molecule has 1 fully saturated rings. The number of aryl methyl sites for hydroxylation is 2. The third-order valence-electron chi connectivity index (χ3n) is 7.19. The number of ether oxygens (including phenoxy) is 1. The van der Waals surface area contributed by atoms with Crippen LogP contribution < -0.4 is 10.6 Å². The van der Waals surface area contributed by atoms with E-state index in [0.29, 0.717) is 23.6 Å². The predicted octanol–water partition coefficient (Wildman–Crippen LogP) is 3.99. The molecule has 1 aromatic carbocycles. The number of nitrogens with zero attached hydrogens (tertiary/aromatic N) is 2. The van der Waals surface area contributed by atoms with Crippen molar-refractivity contribution in [2.45, 2.75) is 57.1 Å². The van der Waals surface area contributed by atoms with E-state index in [1.165, 1.54) is 12.0 Å². The summed E-state index contributed by atoms with van der Waals surface area (Å²) in [5, 5.41) is 16.5. The van der Waals surface area contributed by atoms with Crippen molar-refractivity contribution in [3.8, 4) is 0 Å². The molecule has 5 rings (SSSR count). The summed E-state index contributed by atoms with van der Waals surface area (Å²) < 4.78 is 5.92. The number of nitrogens with one attached hydrogen (secondary N) is 2. The second-order valence-electron chi connectivity index (χ2n) is 9.74. The zero-order chi connectivity index (χ0) is 24.9. The number of aliphatic carboxylic acids is 1. The van der Waals surface area contributed by atoms with Crippen LogP contribution in [0.3, 0.4) is 0 Å². The minimum atomic E-state index is -1.07. The Kier molecular flexibility index (Phi) is 7.41. The lowest BCUT2D eigenvalue weighted by molar-refractivity contribution is -0.140. The zero-order valence-electron chi connectivity index (χ0n) is 20.3. The van der Waals surface area contributed by atoms with Gasteiger partial charge in [0, 0.05) is 36.8 Å². The molecule has 0 radical (unpaired) electrons. The maximum atomic E-state index is 12.8. The van der Waals surface area contributed by atoms with E-state index in [-0.39, 0.29) is 12.5 Å². The second kappa shape index (κ2) is 11.0. The summed E-state index contributed by atoms with van der Waals surface area (Å²) in [6.45, 7) is 1.29. The second-order valence-corrected chi connectivity index (χ2v) is 9.74. The molecule has 1 saturated carbocycles. The molecule has 0 bridgehead atoms. The smallest absolute Gasteiger partial charge is 0.326 e. The van der Waals surface area contributed by atoms with Crippen molar-refractivity contribution in [1.82, 2.24) is 15.3 Å². The van der Waals surface area contributed by atoms with E-state index in [9.17, 15) is 14.7 Å². The van der Waals surface area contributed by atoms with Gasteiger partial charge in [-0.05, 0) is 68.2 Å². The number of carbonyl (C=O) groups excluding carboxylic acids is 1. The highest BCUT2D eigenvalue weighted by atomic mass is 16.5. The molecule has 8 nitrogen and oxygen atoms in total. The summed E-state index contributed by atoms with van der Waals surface area (Å²) in [5.74, 6) is 0.139. The molecular formula is C28H32N4O4. The van der Waals surface area contributed by atoms with Crippen molar-refractivity contribution >= 4 is 28.6 Å². The fourth-order valence-corrected chi connectivity index (χ4v) is 5.04. The molecule has 3 heterocycles. The van der Waals surface area contributed by atoms with Gasteiger partial charge in [-0.1, -0.05) is 24.3 Å². The van der Waals surface area contributed by atoms with Crippen LogP contribution in [0.15, 0.2) is 48.7 Å². The van der Waals surface area contributed by atoms with Crippen LogP contribution in [0.2, 0.25) is 0 Å². The molecule has 1 atom stereocenters. The number of para-hydroxylation sites is 1. The van der Waals surface area contributed by atoms with Gasteiger partial charge in [0.1, 0.15) is 11.9 Å². The number of aromatic nitrogens is 2. The Labute approximate surface area is 210 Å². The summed E-state index contributed by atoms with van der Waals surface area (Å²) in [6, 6.07) is 12.3. The average Bonchev–Trinajstić information content (AvgIpc) is 2.88. The number of pyridine rings is 2. The topological polar surface area (TPSA) is 113 Å². The quantitative estimate of drug-likeness (QED) is 0.395. The molecule has 1 amide bonds. The van der Waals surface area contributed by atoms with Crippen LogP contribution in [0.25, 0.3) is 10.9 Å². The van der Waals surface area contributed by atoms with Crippen LogP contribution in [0.1, 0.15) is 53.7 Å². The first kappa shape index (κ1) is 24.2. The van der Waals surface area contributed by atoms with Crippen LogP contribution >= 0.6 is 0 Å². The number of carboxylic acid groups (broad SMARTS) is 1. The Morgan fingerprint density at radius 1 is 1.17 bits per heavy atom. The van der Waals surface area contributed by atoms with E-state index in [1.807, 2.05) is 12.1 Å². The molecule has 1 aliphatic carbocycles. The Hall–Kier alpha value is -3.52. The van der Waals surface area contributed by atoms with Crippen molar-refractivity contribution in [3.63, 3.8) is 0 Å². The minimum absolute atomic E-state index is 0.153. The van der Waals surface area contributed by atoms with Gasteiger partial charge in [-0.25, -0.2) is 9.78 Å². The van der Waals surface area contributed by atoms with E-state index in [4.69, 9.17) is 9.72 Å². The number of hydrogen-bond acceptors (Lipinski definition) is 6. The lowest BCUT2D eigenvalue weighted by Crippen LogP contribution is -2.42. The average molecular weight is 489 g/mol. The van der Waals surface area contributed by atoms with Crippen molar-refractivity contribution in [2.75, 3.05) is 18.5 Å². The number of hydrogen-bond donors (Lipinski definition) is 3. The molecule has 36 heavy (non-hydrogen) atoms. The van der Waals surface area contributed by atoms with Crippen LogP contribution in [-0.4, -0.2) is 52.2 Å². The fraction of sp³-hybridized carbons (Fsp3) is 0.429. The lowest BCUT2D eigenvalue weighted by atomic mass is 9.79. The fourth-order valence-electron chi connectivity index (χ4n) is 5.04. The Balaban J connectivity index is 1.04. The number of fused-ring (bicyclic) bond motifs is 2. The summed E-state index contributed by atoms with van der Waals surface area (Å²) in [4.78, 5) is 33.6. The zero-order valence-corrected chi connectivity index (χ0v) is 20.3. The Bertz CT molecular complexity index is 1240. The van der Waals surface area contributed by atoms with Crippen molar-refractivity contribution in [3.05, 3.63) is 65.5 Å². The monoisotopic (exact) mass is 488 g/mol. The number of rotatable bonds is 10. The van der Waals surface area contributed by atoms with Gasteiger partial charge in [0.05, 0.1) is 17.2 Å². The molecule has 1 unspecified atom stereocenters. The molecule has 0 spiro atoms. The van der Waals surface area contributed by atoms with Gasteiger partial charge in [0.15, 0.2) is 0 Å². The van der Waals surface area contributed by atoms with E-state index < -0.39 is 17.9 Å². The first-order valence-corrected chi connectivity index (χ1v) is 12.8. The number of carboxylic acids is 1. The highest BCUT2D eigenvalue weighted by Gasteiger charge is 2.30. The van der Waals surface area contributed by atoms with Crippen LogP contribution in [0.5, 0.6) is 0 Å². The summed E-state index contributed by atoms with van der Waals surface area (Å²) in [5.41, 5.74) is 3.37. The van der Waals surface area contributed by atoms with E-state index >= 15 is 0 Å². The summed E-state index contributed by atoms with van der Waals surface area (Å²) in [7, 11) is 0. The van der Waals surface area contributed by atoms with Gasteiger partial charge in [-0.2, -0.15) is 0 Å². The first-order chi connectivity index (χ1) is 17.6. The standard InChI is InChI=1S/C28H32N4O4/c33-27(23-7-1-4-19-5-2-13-29-25(19)23)32-24(28(34)35)12-15-36-22-16-18(17-22)8-10-21-11-9-20-6-3-14-30-26(20)31-21/h1-2,4-5,7,9,11,13,18,22,24H,3,6,8,10,12,14-17H2,(H,30,31)(H,32,33)(H,34,35). The third-order valence-corrected chi connectivity index (χ3v) is 7.19. The van der Waals surface area contributed by atoms with Crippen molar-refractivity contribution in [1.29, 1.82) is 0 Å². The van der Waals surface area contributed by atoms with Gasteiger partial charge >= 0.3 is 5.97 Å². The molecule has 8 heteroatoms. The largest absolute Gasteiger partial charge is 0.480 e. The predicted molar refractivity (Wildman–Crippen MR) is 137 cm³/mol. The molecule has 0 saturated heterocycles. The maximum Gasteiger partial charge on any atom is 0.326 e. The number of carbonyl (C=O) groups is 2. The summed E-state index contributed by atoms with van der Waals surface area (Å²) >= 11 is 0. The van der Waals surface area contributed by atoms with Crippen LogP contribution in [0, 0.1) is 5.92 Å². The highest BCUT2D eigenvalue weighted by molar-refractivity contribution is 6.06. The molecule has 3 N–H and O–H groups in total. The summed E-state index contributed by atoms with van der Waals surface area (Å²) in [6.07, 6.45) is 8.26. The van der Waals surface area contributed by atoms with E-state index in [1.54, 1.807) is 24.4 Å². The molecule has 2 aliphatic rings. The van der Waals surface area contributed by atoms with Crippen LogP contribution in [-0.2, 0) is 22.4 Å². The van der Waals surface area contributed by atoms with Gasteiger partial charge in [-0.3, -0.25) is 9.78 Å². The molecular weight excluding hydrogens is 456 g/mol. The Morgan fingerprint density at radius 2 is 2.03 bits per heavy atom. The molecule has 1 aliphatic heterocycles. The van der Waals surface area contributed by atoms with Crippen molar-refractivity contribution in [2.24, 2.45) is 5.92 Å². The first-order valence-electron chi connectivity index (χ1n) is 12.8. The molecule has 3 aromatic rings. The minimum Gasteiger partial charge on any atom is -0.480 e. The normalized spacial score (nSPS) is 19.6.